The van der Waals surface area contributed by atoms with Crippen LogP contribution in [0, 0.1) is 24.2 Å². The lowest BCUT2D eigenvalue weighted by atomic mass is 10.00. The minimum Gasteiger partial charge on any atom is -0.476 e. The second-order valence-corrected chi connectivity index (χ2v) is 8.32. The highest BCUT2D eigenvalue weighted by Crippen LogP contribution is 2.33. The summed E-state index contributed by atoms with van der Waals surface area (Å²) in [6.45, 7) is 3.89. The molecule has 0 unspecified atom stereocenters. The van der Waals surface area contributed by atoms with Crippen molar-refractivity contribution in [3.05, 3.63) is 51.9 Å². The van der Waals surface area contributed by atoms with Crippen molar-refractivity contribution in [1.82, 2.24) is 15.0 Å². The molecule has 3 heterocycles. The Balaban J connectivity index is 1.75. The molecule has 0 spiro atoms. The maximum Gasteiger partial charge on any atom is 0.356 e. The van der Waals surface area contributed by atoms with Gasteiger partial charge in [-0.1, -0.05) is 17.7 Å². The molecule has 3 aromatic rings. The molecule has 11 heteroatoms. The average Bonchev–Trinajstić information content (AvgIpc) is 2.72. The summed E-state index contributed by atoms with van der Waals surface area (Å²) in [7, 11) is 0. The number of nitrogens with zero attached hydrogens (tertiary/aromatic N) is 5. The Bertz CT molecular complexity index is 1290. The van der Waals surface area contributed by atoms with Gasteiger partial charge in [0.05, 0.1) is 28.7 Å². The number of nitrogens with one attached hydrogen (secondary N) is 1. The number of aryl methyl sites for hydroxylation is 1. The van der Waals surface area contributed by atoms with Gasteiger partial charge in [0.25, 0.3) is 0 Å². The first-order chi connectivity index (χ1) is 15.7. The standard InChI is InChI=1S/C22H19ClF2N6O2/c1-10-5-13(11(2)27-14-3-4-17(23)29-19(14)22(32)33)18-15(6-10)28-16(7-26)21(30-18)31-8-12(9-31)20(24)25/h3-6,11-12,20,27H,8-9H2,1-2H3,(H,32,33)/t11-/m1/s1. The van der Waals surface area contributed by atoms with E-state index in [2.05, 4.69) is 20.3 Å². The number of aromatic nitrogens is 3. The number of carboxylic acid groups (broad SMARTS) is 1. The Kier molecular flexibility index (Phi) is 5.99. The van der Waals surface area contributed by atoms with Crippen molar-refractivity contribution in [2.45, 2.75) is 26.3 Å². The van der Waals surface area contributed by atoms with Gasteiger partial charge in [-0.2, -0.15) is 5.26 Å². The van der Waals surface area contributed by atoms with Gasteiger partial charge in [-0.3, -0.25) is 0 Å². The zero-order valence-corrected chi connectivity index (χ0v) is 18.4. The van der Waals surface area contributed by atoms with Crippen molar-refractivity contribution < 1.29 is 18.7 Å². The van der Waals surface area contributed by atoms with Crippen molar-refractivity contribution >= 4 is 40.1 Å². The number of carboxylic acids is 1. The molecule has 0 aliphatic carbocycles. The zero-order chi connectivity index (χ0) is 23.9. The molecule has 1 aliphatic heterocycles. The van der Waals surface area contributed by atoms with Crippen LogP contribution < -0.4 is 10.2 Å². The average molecular weight is 473 g/mol. The number of aromatic carboxylic acids is 1. The summed E-state index contributed by atoms with van der Waals surface area (Å²) in [5.74, 6) is -1.73. The monoisotopic (exact) mass is 472 g/mol. The van der Waals surface area contributed by atoms with Gasteiger partial charge in [-0.05, 0) is 37.6 Å². The molecule has 170 valence electrons. The Morgan fingerprint density at radius 1 is 1.30 bits per heavy atom. The van der Waals surface area contributed by atoms with Crippen LogP contribution in [0.15, 0.2) is 24.3 Å². The van der Waals surface area contributed by atoms with Gasteiger partial charge >= 0.3 is 5.97 Å². The maximum atomic E-state index is 12.9. The molecule has 2 aromatic heterocycles. The fourth-order valence-electron chi connectivity index (χ4n) is 3.82. The van der Waals surface area contributed by atoms with Gasteiger partial charge in [-0.25, -0.2) is 28.5 Å². The van der Waals surface area contributed by atoms with Crippen LogP contribution in [0.3, 0.4) is 0 Å². The lowest BCUT2D eigenvalue weighted by Crippen LogP contribution is -2.50. The SMILES string of the molecule is Cc1cc([C@@H](C)Nc2ccc(Cl)nc2C(=O)O)c2nc(N3CC(C(F)F)C3)c(C#N)nc2c1. The minimum absolute atomic E-state index is 0.0581. The molecular formula is C22H19ClF2N6O2. The van der Waals surface area contributed by atoms with E-state index in [0.29, 0.717) is 16.6 Å². The van der Waals surface area contributed by atoms with Crippen LogP contribution in [0.5, 0.6) is 0 Å². The van der Waals surface area contributed by atoms with E-state index in [1.165, 1.54) is 12.1 Å². The van der Waals surface area contributed by atoms with Gasteiger partial charge in [-0.15, -0.1) is 0 Å². The number of nitriles is 1. The molecule has 0 radical (unpaired) electrons. The zero-order valence-electron chi connectivity index (χ0n) is 17.7. The van der Waals surface area contributed by atoms with Gasteiger partial charge in [0.2, 0.25) is 6.43 Å². The molecule has 2 N–H and O–H groups in total. The summed E-state index contributed by atoms with van der Waals surface area (Å²) in [5, 5.41) is 22.2. The van der Waals surface area contributed by atoms with Crippen LogP contribution in [0.2, 0.25) is 5.15 Å². The molecule has 1 fully saturated rings. The van der Waals surface area contributed by atoms with E-state index in [9.17, 15) is 23.9 Å². The molecule has 1 saturated heterocycles. The molecule has 8 nitrogen and oxygen atoms in total. The highest BCUT2D eigenvalue weighted by Gasteiger charge is 2.36. The first-order valence-corrected chi connectivity index (χ1v) is 10.5. The fraction of sp³-hybridized carbons (Fsp3) is 0.318. The predicted molar refractivity (Wildman–Crippen MR) is 119 cm³/mol. The number of hydrogen-bond acceptors (Lipinski definition) is 7. The van der Waals surface area contributed by atoms with E-state index in [4.69, 9.17) is 11.6 Å². The van der Waals surface area contributed by atoms with Crippen LogP contribution >= 0.6 is 11.6 Å². The quantitative estimate of drug-likeness (QED) is 0.506. The van der Waals surface area contributed by atoms with Gasteiger partial charge in [0.15, 0.2) is 17.2 Å². The number of benzene rings is 1. The first-order valence-electron chi connectivity index (χ1n) is 10.1. The smallest absolute Gasteiger partial charge is 0.356 e. The molecule has 33 heavy (non-hydrogen) atoms. The van der Waals surface area contributed by atoms with E-state index in [0.717, 1.165) is 5.56 Å². The molecule has 0 saturated carbocycles. The van der Waals surface area contributed by atoms with E-state index < -0.39 is 24.4 Å². The van der Waals surface area contributed by atoms with E-state index in [-0.39, 0.29) is 41.1 Å². The third-order valence-corrected chi connectivity index (χ3v) is 5.71. The fourth-order valence-corrected chi connectivity index (χ4v) is 3.97. The normalized spacial score (nSPS) is 14.8. The molecular weight excluding hydrogens is 454 g/mol. The van der Waals surface area contributed by atoms with Crippen molar-refractivity contribution in [3.8, 4) is 6.07 Å². The first kappa shape index (κ1) is 22.6. The summed E-state index contributed by atoms with van der Waals surface area (Å²) in [4.78, 5) is 26.2. The Morgan fingerprint density at radius 2 is 2.03 bits per heavy atom. The molecule has 0 amide bonds. The predicted octanol–water partition coefficient (Wildman–Crippen LogP) is 4.43. The highest BCUT2D eigenvalue weighted by molar-refractivity contribution is 6.29. The number of halogens is 3. The summed E-state index contributed by atoms with van der Waals surface area (Å²) >= 11 is 5.84. The van der Waals surface area contributed by atoms with Crippen LogP contribution in [-0.4, -0.2) is 45.5 Å². The van der Waals surface area contributed by atoms with Gasteiger partial charge < -0.3 is 15.3 Å². The molecule has 1 atom stereocenters. The number of alkyl halides is 2. The summed E-state index contributed by atoms with van der Waals surface area (Å²) < 4.78 is 25.9. The summed E-state index contributed by atoms with van der Waals surface area (Å²) in [6.07, 6.45) is -2.43. The lowest BCUT2D eigenvalue weighted by Gasteiger charge is -2.39. The van der Waals surface area contributed by atoms with Crippen molar-refractivity contribution in [2.24, 2.45) is 5.92 Å². The Hall–Kier alpha value is -3.58. The largest absolute Gasteiger partial charge is 0.476 e. The second-order valence-electron chi connectivity index (χ2n) is 7.93. The van der Waals surface area contributed by atoms with E-state index >= 15 is 0 Å². The number of fused-ring (bicyclic) bond motifs is 1. The topological polar surface area (TPSA) is 115 Å². The second kappa shape index (κ2) is 8.75. The van der Waals surface area contributed by atoms with Crippen LogP contribution in [0.25, 0.3) is 11.0 Å². The Labute approximate surface area is 192 Å². The number of rotatable bonds is 6. The molecule has 0 bridgehead atoms. The number of anilines is 2. The van der Waals surface area contributed by atoms with Gasteiger partial charge in [0.1, 0.15) is 11.2 Å². The number of pyridine rings is 1. The highest BCUT2D eigenvalue weighted by atomic mass is 35.5. The third-order valence-electron chi connectivity index (χ3n) is 5.50. The summed E-state index contributed by atoms with van der Waals surface area (Å²) in [5.41, 5.74) is 2.68. The van der Waals surface area contributed by atoms with E-state index in [1.807, 2.05) is 26.0 Å². The van der Waals surface area contributed by atoms with Crippen molar-refractivity contribution in [1.29, 1.82) is 5.26 Å². The van der Waals surface area contributed by atoms with E-state index in [1.54, 1.807) is 11.0 Å². The molecule has 4 rings (SSSR count). The molecule has 1 aliphatic rings. The Morgan fingerprint density at radius 3 is 2.67 bits per heavy atom. The summed E-state index contributed by atoms with van der Waals surface area (Å²) in [6, 6.07) is 8.27. The third kappa shape index (κ3) is 4.36. The molecule has 1 aromatic carbocycles. The van der Waals surface area contributed by atoms with Gasteiger partial charge in [0, 0.05) is 18.7 Å². The van der Waals surface area contributed by atoms with Crippen LogP contribution in [0.4, 0.5) is 20.3 Å². The van der Waals surface area contributed by atoms with Crippen molar-refractivity contribution in [3.63, 3.8) is 0 Å². The van der Waals surface area contributed by atoms with Crippen LogP contribution in [0.1, 0.15) is 40.3 Å². The lowest BCUT2D eigenvalue weighted by molar-refractivity contribution is 0.0610. The number of carbonyl (C=O) groups is 1. The number of hydrogen-bond donors (Lipinski definition) is 2. The maximum absolute atomic E-state index is 12.9. The van der Waals surface area contributed by atoms with Crippen LogP contribution in [-0.2, 0) is 0 Å². The minimum atomic E-state index is -2.43. The van der Waals surface area contributed by atoms with Crippen molar-refractivity contribution in [2.75, 3.05) is 23.3 Å².